The first-order valence-corrected chi connectivity index (χ1v) is 9.03. The van der Waals surface area contributed by atoms with Crippen LogP contribution in [0.15, 0.2) is 60.9 Å². The maximum absolute atomic E-state index is 12.2. The van der Waals surface area contributed by atoms with Crippen molar-refractivity contribution in [3.8, 4) is 11.1 Å². The third kappa shape index (κ3) is 3.03. The smallest absolute Gasteiger partial charge is 0.227 e. The summed E-state index contributed by atoms with van der Waals surface area (Å²) in [7, 11) is 3.66. The maximum Gasteiger partial charge on any atom is 0.227 e. The number of nitrogens with zero attached hydrogens (tertiary/aromatic N) is 3. The van der Waals surface area contributed by atoms with Crippen LogP contribution >= 0.6 is 0 Å². The molecule has 3 aromatic rings. The van der Waals surface area contributed by atoms with Crippen molar-refractivity contribution in [2.75, 3.05) is 32.1 Å². The van der Waals surface area contributed by atoms with E-state index in [2.05, 4.69) is 52.3 Å². The predicted octanol–water partition coefficient (Wildman–Crippen LogP) is 3.82. The molecule has 0 radical (unpaired) electrons. The molecule has 0 aliphatic carbocycles. The predicted molar refractivity (Wildman–Crippen MR) is 106 cm³/mol. The topological polar surface area (TPSA) is 36.4 Å². The van der Waals surface area contributed by atoms with Crippen LogP contribution < -0.4 is 4.90 Å². The molecule has 4 nitrogen and oxygen atoms in total. The van der Waals surface area contributed by atoms with E-state index < -0.39 is 0 Å². The molecule has 1 aliphatic rings. The Morgan fingerprint density at radius 1 is 1.08 bits per heavy atom. The first-order valence-electron chi connectivity index (χ1n) is 9.03. The number of rotatable bonds is 3. The third-order valence-corrected chi connectivity index (χ3v) is 5.19. The lowest BCUT2D eigenvalue weighted by atomic mass is 10.0. The van der Waals surface area contributed by atoms with E-state index in [4.69, 9.17) is 0 Å². The Balaban J connectivity index is 1.57. The molecule has 1 atom stereocenters. The molecular formula is C22H23N3O. The van der Waals surface area contributed by atoms with Crippen LogP contribution in [0.1, 0.15) is 6.42 Å². The summed E-state index contributed by atoms with van der Waals surface area (Å²) in [5, 5.41) is 2.37. The Labute approximate surface area is 154 Å². The first-order chi connectivity index (χ1) is 12.6. The van der Waals surface area contributed by atoms with Crippen LogP contribution in [0.25, 0.3) is 21.9 Å². The number of hydrogen-bond donors (Lipinski definition) is 0. The number of amides is 1. The van der Waals surface area contributed by atoms with E-state index in [9.17, 15) is 4.79 Å². The summed E-state index contributed by atoms with van der Waals surface area (Å²) in [6.45, 7) is 1.73. The van der Waals surface area contributed by atoms with E-state index in [1.807, 2.05) is 32.6 Å². The van der Waals surface area contributed by atoms with Crippen molar-refractivity contribution >= 4 is 22.4 Å². The van der Waals surface area contributed by atoms with Gasteiger partial charge in [0.05, 0.1) is 5.92 Å². The zero-order valence-corrected chi connectivity index (χ0v) is 15.2. The van der Waals surface area contributed by atoms with Gasteiger partial charge in [0, 0.05) is 56.2 Å². The normalized spacial score (nSPS) is 16.8. The van der Waals surface area contributed by atoms with Crippen LogP contribution in [0, 0.1) is 5.92 Å². The molecule has 2 heterocycles. The van der Waals surface area contributed by atoms with Gasteiger partial charge in [0.1, 0.15) is 0 Å². The number of carbonyl (C=O) groups excluding carboxylic acids is 1. The quantitative estimate of drug-likeness (QED) is 0.724. The molecule has 1 fully saturated rings. The number of anilines is 1. The Bertz CT molecular complexity index is 928. The number of carbonyl (C=O) groups is 1. The lowest BCUT2D eigenvalue weighted by molar-refractivity contribution is -0.132. The molecule has 132 valence electrons. The molecular weight excluding hydrogens is 322 g/mol. The molecule has 1 aromatic heterocycles. The zero-order chi connectivity index (χ0) is 18.1. The lowest BCUT2D eigenvalue weighted by Crippen LogP contribution is -2.31. The standard InChI is InChI=1S/C22H23N3O/c1-24(2)22(26)18-11-12-25(15-18)19-9-7-16(8-10-19)21-14-23-13-17-5-3-4-6-20(17)21/h3-10,13-14,18H,11-12,15H2,1-2H3/t18-/m0/s1. The molecule has 26 heavy (non-hydrogen) atoms. The summed E-state index contributed by atoms with van der Waals surface area (Å²) in [5.41, 5.74) is 3.49. The van der Waals surface area contributed by atoms with Gasteiger partial charge in [-0.1, -0.05) is 36.4 Å². The van der Waals surface area contributed by atoms with Crippen molar-refractivity contribution in [3.05, 3.63) is 60.9 Å². The average Bonchev–Trinajstić information content (AvgIpc) is 3.17. The van der Waals surface area contributed by atoms with Crippen molar-refractivity contribution in [3.63, 3.8) is 0 Å². The second kappa shape index (κ2) is 6.79. The summed E-state index contributed by atoms with van der Waals surface area (Å²) >= 11 is 0. The summed E-state index contributed by atoms with van der Waals surface area (Å²) in [4.78, 5) is 20.6. The zero-order valence-electron chi connectivity index (χ0n) is 15.2. The molecule has 1 aliphatic heterocycles. The van der Waals surface area contributed by atoms with E-state index in [0.29, 0.717) is 0 Å². The molecule has 4 heteroatoms. The summed E-state index contributed by atoms with van der Waals surface area (Å²) in [6, 6.07) is 16.9. The van der Waals surface area contributed by atoms with Crippen LogP contribution in [0.2, 0.25) is 0 Å². The maximum atomic E-state index is 12.2. The van der Waals surface area contributed by atoms with Gasteiger partial charge in [0.2, 0.25) is 5.91 Å². The minimum absolute atomic E-state index is 0.104. The first kappa shape index (κ1) is 16.6. The van der Waals surface area contributed by atoms with Crippen LogP contribution in [0.5, 0.6) is 0 Å². The van der Waals surface area contributed by atoms with E-state index in [1.54, 1.807) is 4.90 Å². The fourth-order valence-electron chi connectivity index (χ4n) is 3.76. The second-order valence-corrected chi connectivity index (χ2v) is 7.12. The molecule has 0 bridgehead atoms. The van der Waals surface area contributed by atoms with Gasteiger partial charge in [-0.25, -0.2) is 0 Å². The number of hydrogen-bond acceptors (Lipinski definition) is 3. The van der Waals surface area contributed by atoms with E-state index in [1.165, 1.54) is 11.1 Å². The van der Waals surface area contributed by atoms with Crippen LogP contribution in [0.3, 0.4) is 0 Å². The van der Waals surface area contributed by atoms with Gasteiger partial charge in [-0.05, 0) is 29.5 Å². The molecule has 0 unspecified atom stereocenters. The molecule has 1 amide bonds. The fraction of sp³-hybridized carbons (Fsp3) is 0.273. The van der Waals surface area contributed by atoms with Gasteiger partial charge in [-0.2, -0.15) is 0 Å². The van der Waals surface area contributed by atoms with Gasteiger partial charge in [-0.3, -0.25) is 9.78 Å². The van der Waals surface area contributed by atoms with Gasteiger partial charge >= 0.3 is 0 Å². The van der Waals surface area contributed by atoms with Gasteiger partial charge in [0.25, 0.3) is 0 Å². The SMILES string of the molecule is CN(C)C(=O)[C@H]1CCN(c2ccc(-c3cncc4ccccc34)cc2)C1. The van der Waals surface area contributed by atoms with Crippen LogP contribution in [-0.4, -0.2) is 43.0 Å². The lowest BCUT2D eigenvalue weighted by Gasteiger charge is -2.20. The largest absolute Gasteiger partial charge is 0.371 e. The molecule has 0 N–H and O–H groups in total. The Morgan fingerprint density at radius 3 is 2.62 bits per heavy atom. The number of aromatic nitrogens is 1. The number of benzene rings is 2. The summed E-state index contributed by atoms with van der Waals surface area (Å²) < 4.78 is 0. The fourth-order valence-corrected chi connectivity index (χ4v) is 3.76. The highest BCUT2D eigenvalue weighted by molar-refractivity contribution is 5.95. The van der Waals surface area contributed by atoms with Crippen LogP contribution in [0.4, 0.5) is 5.69 Å². The molecule has 4 rings (SSSR count). The van der Waals surface area contributed by atoms with E-state index >= 15 is 0 Å². The Hall–Kier alpha value is -2.88. The average molecular weight is 345 g/mol. The highest BCUT2D eigenvalue weighted by atomic mass is 16.2. The van der Waals surface area contributed by atoms with Crippen molar-refractivity contribution in [1.29, 1.82) is 0 Å². The highest BCUT2D eigenvalue weighted by Gasteiger charge is 2.29. The van der Waals surface area contributed by atoms with E-state index in [-0.39, 0.29) is 11.8 Å². The third-order valence-electron chi connectivity index (χ3n) is 5.19. The Kier molecular flexibility index (Phi) is 4.33. The minimum Gasteiger partial charge on any atom is -0.371 e. The second-order valence-electron chi connectivity index (χ2n) is 7.12. The highest BCUT2D eigenvalue weighted by Crippen LogP contribution is 2.30. The van der Waals surface area contributed by atoms with E-state index in [0.717, 1.165) is 36.0 Å². The molecule has 0 saturated carbocycles. The molecule has 2 aromatic carbocycles. The van der Waals surface area contributed by atoms with Crippen LogP contribution in [-0.2, 0) is 4.79 Å². The van der Waals surface area contributed by atoms with Crippen molar-refractivity contribution in [1.82, 2.24) is 9.88 Å². The molecule has 0 spiro atoms. The summed E-state index contributed by atoms with van der Waals surface area (Å²) in [5.74, 6) is 0.331. The monoisotopic (exact) mass is 345 g/mol. The van der Waals surface area contributed by atoms with Gasteiger partial charge < -0.3 is 9.80 Å². The minimum atomic E-state index is 0.104. The number of fused-ring (bicyclic) bond motifs is 1. The number of pyridine rings is 1. The van der Waals surface area contributed by atoms with Crippen molar-refractivity contribution in [2.24, 2.45) is 5.92 Å². The molecule has 1 saturated heterocycles. The van der Waals surface area contributed by atoms with Crippen molar-refractivity contribution in [2.45, 2.75) is 6.42 Å². The van der Waals surface area contributed by atoms with Gasteiger partial charge in [-0.15, -0.1) is 0 Å². The van der Waals surface area contributed by atoms with Gasteiger partial charge in [0.15, 0.2) is 0 Å². The van der Waals surface area contributed by atoms with Crippen molar-refractivity contribution < 1.29 is 4.79 Å². The Morgan fingerprint density at radius 2 is 1.85 bits per heavy atom. The summed E-state index contributed by atoms with van der Waals surface area (Å²) in [6.07, 6.45) is 4.75.